The molecule has 0 aliphatic rings. The Hall–Kier alpha value is 0.870. The van der Waals surface area contributed by atoms with Gasteiger partial charge in [-0.15, -0.1) is 0 Å². The Kier molecular flexibility index (Phi) is 13.7. The fraction of sp³-hybridized carbons (Fsp3) is 1.00. The van der Waals surface area contributed by atoms with Crippen LogP contribution in [0.1, 0.15) is 66.6 Å². The first-order valence-corrected chi connectivity index (χ1v) is 10.9. The second-order valence-corrected chi connectivity index (χ2v) is 8.93. The third-order valence-corrected chi connectivity index (χ3v) is 7.18. The van der Waals surface area contributed by atoms with Gasteiger partial charge in [-0.25, -0.2) is 0 Å². The molecule has 0 aromatic carbocycles. The van der Waals surface area contributed by atoms with Gasteiger partial charge in [-0.2, -0.15) is 0 Å². The summed E-state index contributed by atoms with van der Waals surface area (Å²) in [5.74, 6) is 0. The van der Waals surface area contributed by atoms with Crippen molar-refractivity contribution in [2.24, 2.45) is 0 Å². The van der Waals surface area contributed by atoms with Gasteiger partial charge >= 0.3 is 96.5 Å². The van der Waals surface area contributed by atoms with Gasteiger partial charge in [0.25, 0.3) is 0 Å². The average molecular weight is 286 g/mol. The van der Waals surface area contributed by atoms with Gasteiger partial charge in [0.05, 0.1) is 0 Å². The minimum absolute atomic E-state index is 0. The Balaban J connectivity index is 0. The van der Waals surface area contributed by atoms with E-state index in [0.717, 1.165) is 0 Å². The van der Waals surface area contributed by atoms with Crippen molar-refractivity contribution in [2.45, 2.75) is 73.6 Å². The number of rotatable bonds is 10. The molecule has 0 atom stereocenters. The van der Waals surface area contributed by atoms with Crippen molar-refractivity contribution in [3.63, 3.8) is 0 Å². The predicted molar refractivity (Wildman–Crippen MR) is 64.8 cm³/mol. The molecule has 1 heteroatoms. The van der Waals surface area contributed by atoms with Gasteiger partial charge in [0.1, 0.15) is 0 Å². The van der Waals surface area contributed by atoms with Crippen molar-refractivity contribution >= 4 is 22.9 Å². The summed E-state index contributed by atoms with van der Waals surface area (Å²) in [5.41, 5.74) is 0. The molecule has 13 heavy (non-hydrogen) atoms. The summed E-state index contributed by atoms with van der Waals surface area (Å²) in [6.07, 6.45) is 11.9. The van der Waals surface area contributed by atoms with E-state index in [1.165, 1.54) is 38.5 Å². The molecule has 0 bridgehead atoms. The second-order valence-electron chi connectivity index (χ2n) is 3.99. The SMILES string of the molecule is CCCCC[CH2][In+][CH2]CCCCC.[H-]. The molecule has 0 aliphatic carbocycles. The summed E-state index contributed by atoms with van der Waals surface area (Å²) in [6.45, 7) is 4.60. The molecule has 0 unspecified atom stereocenters. The van der Waals surface area contributed by atoms with Crippen molar-refractivity contribution in [1.82, 2.24) is 0 Å². The van der Waals surface area contributed by atoms with E-state index in [-0.39, 0.29) is 24.3 Å². The summed E-state index contributed by atoms with van der Waals surface area (Å²) < 4.78 is 3.34. The van der Waals surface area contributed by atoms with Crippen molar-refractivity contribution in [2.75, 3.05) is 0 Å². The Bertz CT molecular complexity index is 76.4. The van der Waals surface area contributed by atoms with Crippen LogP contribution in [-0.2, 0) is 0 Å². The van der Waals surface area contributed by atoms with Crippen LogP contribution in [0.5, 0.6) is 0 Å². The molecule has 0 aliphatic heterocycles. The van der Waals surface area contributed by atoms with Crippen LogP contribution in [0, 0.1) is 0 Å². The molecule has 78 valence electrons. The van der Waals surface area contributed by atoms with E-state index in [1.54, 1.807) is 21.2 Å². The van der Waals surface area contributed by atoms with Crippen LogP contribution in [0.2, 0.25) is 8.35 Å². The fourth-order valence-electron chi connectivity index (χ4n) is 1.58. The maximum absolute atomic E-state index is 2.30. The van der Waals surface area contributed by atoms with E-state index >= 15 is 0 Å². The third-order valence-electron chi connectivity index (χ3n) is 2.52. The molecule has 0 fully saturated rings. The molecule has 0 aromatic heterocycles. The number of hydrogen-bond donors (Lipinski definition) is 0. The predicted octanol–water partition coefficient (Wildman–Crippen LogP) is 4.80. The van der Waals surface area contributed by atoms with E-state index in [0.29, 0.717) is 0 Å². The molecule has 0 nitrogen and oxygen atoms in total. The van der Waals surface area contributed by atoms with E-state index in [9.17, 15) is 0 Å². The van der Waals surface area contributed by atoms with Crippen LogP contribution < -0.4 is 0 Å². The first-order valence-electron chi connectivity index (χ1n) is 6.23. The van der Waals surface area contributed by atoms with Crippen molar-refractivity contribution in [3.8, 4) is 0 Å². The standard InChI is InChI=1S/2C6H13.In.H/c2*1-3-5-6-4-2;;/h2*1,3-6H2,2H3;;/q;;+1;-1. The maximum atomic E-state index is 2.30. The average Bonchev–Trinajstić information content (AvgIpc) is 2.16. The molecule has 0 heterocycles. The molecule has 0 saturated carbocycles. The van der Waals surface area contributed by atoms with Gasteiger partial charge in [0.15, 0.2) is 0 Å². The van der Waals surface area contributed by atoms with Gasteiger partial charge in [-0.05, 0) is 0 Å². The van der Waals surface area contributed by atoms with Crippen LogP contribution >= 0.6 is 0 Å². The van der Waals surface area contributed by atoms with Gasteiger partial charge < -0.3 is 1.43 Å². The zero-order chi connectivity index (χ0) is 9.78. The van der Waals surface area contributed by atoms with Crippen LogP contribution in [0.4, 0.5) is 0 Å². The first-order chi connectivity index (χ1) is 6.41. The van der Waals surface area contributed by atoms with Gasteiger partial charge in [0.2, 0.25) is 0 Å². The Labute approximate surface area is 97.7 Å². The minimum atomic E-state index is -0.0583. The molecule has 0 N–H and O–H groups in total. The van der Waals surface area contributed by atoms with Gasteiger partial charge in [-0.1, -0.05) is 0 Å². The second kappa shape index (κ2) is 12.9. The van der Waals surface area contributed by atoms with Gasteiger partial charge in [0, 0.05) is 0 Å². The largest absolute Gasteiger partial charge is 1.00 e. The number of unbranched alkanes of at least 4 members (excludes halogenated alkanes) is 6. The van der Waals surface area contributed by atoms with E-state index in [1.807, 2.05) is 0 Å². The van der Waals surface area contributed by atoms with E-state index in [4.69, 9.17) is 0 Å². The van der Waals surface area contributed by atoms with Crippen LogP contribution in [0.3, 0.4) is 0 Å². The summed E-state index contributed by atoms with van der Waals surface area (Å²) in [7, 11) is 0. The minimum Gasteiger partial charge on any atom is -1.00 e. The van der Waals surface area contributed by atoms with E-state index < -0.39 is 0 Å². The summed E-state index contributed by atoms with van der Waals surface area (Å²) in [6, 6.07) is 0. The summed E-state index contributed by atoms with van der Waals surface area (Å²) >= 11 is -0.0583. The van der Waals surface area contributed by atoms with Gasteiger partial charge in [-0.3, -0.25) is 0 Å². The monoisotopic (exact) mass is 286 g/mol. The zero-order valence-corrected chi connectivity index (χ0v) is 12.9. The summed E-state index contributed by atoms with van der Waals surface area (Å²) in [5, 5.41) is 0. The molecular weight excluding hydrogens is 259 g/mol. The smallest absolute Gasteiger partial charge is 1.00 e. The molecule has 0 rings (SSSR count). The first kappa shape index (κ1) is 13.9. The van der Waals surface area contributed by atoms with Crippen molar-refractivity contribution in [3.05, 3.63) is 0 Å². The van der Waals surface area contributed by atoms with Crippen molar-refractivity contribution in [1.29, 1.82) is 0 Å². The number of hydrogen-bond acceptors (Lipinski definition) is 0. The quantitative estimate of drug-likeness (QED) is 0.506. The van der Waals surface area contributed by atoms with Crippen molar-refractivity contribution < 1.29 is 1.43 Å². The molecule has 0 radical (unpaired) electrons. The van der Waals surface area contributed by atoms with E-state index in [2.05, 4.69) is 13.8 Å². The maximum Gasteiger partial charge on any atom is -1.00 e. The van der Waals surface area contributed by atoms with Crippen LogP contribution in [-0.4, -0.2) is 22.9 Å². The molecule has 0 spiro atoms. The zero-order valence-electron chi connectivity index (χ0n) is 10.6. The molecule has 0 saturated heterocycles. The van der Waals surface area contributed by atoms with Crippen LogP contribution in [0.25, 0.3) is 0 Å². The molecular formula is C12H27In. The molecule has 0 amide bonds. The Morgan fingerprint density at radius 3 is 1.54 bits per heavy atom. The Morgan fingerprint density at radius 1 is 0.692 bits per heavy atom. The molecule has 0 aromatic rings. The van der Waals surface area contributed by atoms with Crippen LogP contribution in [0.15, 0.2) is 0 Å². The third kappa shape index (κ3) is 12.9. The fourth-order valence-corrected chi connectivity index (χ4v) is 5.69. The Morgan fingerprint density at radius 2 is 1.15 bits per heavy atom. The topological polar surface area (TPSA) is 0 Å². The summed E-state index contributed by atoms with van der Waals surface area (Å²) in [4.78, 5) is 0. The normalized spacial score (nSPS) is 10.0.